The molecule has 2 saturated heterocycles. The molecule has 0 aromatic carbocycles. The third-order valence-electron chi connectivity index (χ3n) is 5.06. The Hall–Kier alpha value is 0.860. The molecule has 2 bridgehead atoms. The van der Waals surface area contributed by atoms with Crippen molar-refractivity contribution in [2.45, 2.75) is 62.6 Å². The summed E-state index contributed by atoms with van der Waals surface area (Å²) in [6, 6.07) is 0.591. The van der Waals surface area contributed by atoms with Crippen LogP contribution in [0.15, 0.2) is 20.3 Å². The molecule has 0 aromatic rings. The van der Waals surface area contributed by atoms with E-state index in [4.69, 9.17) is 4.84 Å². The normalized spacial score (nSPS) is 43.2. The second-order valence-electron chi connectivity index (χ2n) is 5.95. The first-order valence-electron chi connectivity index (χ1n) is 7.30. The van der Waals surface area contributed by atoms with Crippen molar-refractivity contribution in [3.8, 4) is 0 Å². The maximum absolute atomic E-state index is 6.40. The zero-order valence-electron chi connectivity index (χ0n) is 11.1. The largest absolute Gasteiger partial charge is 0.294 e. The molecule has 2 heterocycles. The van der Waals surface area contributed by atoms with E-state index in [1.54, 1.807) is 0 Å². The molecule has 1 saturated carbocycles. The molecule has 2 aliphatic heterocycles. The van der Waals surface area contributed by atoms with Crippen LogP contribution in [-0.4, -0.2) is 22.7 Å². The maximum atomic E-state index is 6.40. The molecule has 3 rings (SSSR count). The van der Waals surface area contributed by atoms with Crippen LogP contribution in [-0.2, 0) is 4.84 Å². The fourth-order valence-electron chi connectivity index (χ4n) is 4.34. The molecule has 1 aliphatic carbocycles. The first-order chi connectivity index (χ1) is 9.31. The molecule has 4 atom stereocenters. The van der Waals surface area contributed by atoms with Crippen molar-refractivity contribution < 1.29 is 4.84 Å². The molecule has 19 heavy (non-hydrogen) atoms. The Balaban J connectivity index is 1.88. The number of rotatable bonds is 3. The number of fused-ring (bicyclic) bond motifs is 1. The highest BCUT2D eigenvalue weighted by Crippen LogP contribution is 2.54. The van der Waals surface area contributed by atoms with Crippen LogP contribution in [0.5, 0.6) is 0 Å². The molecule has 4 heteroatoms. The van der Waals surface area contributed by atoms with Gasteiger partial charge in [0.15, 0.2) is 0 Å². The SMILES string of the molecule is I/C=C\C[C@@H]1CCC[C@]23CCC[C@H](ON12)[C@H]3/C=C\I. The van der Waals surface area contributed by atoms with Crippen LogP contribution in [0.4, 0.5) is 0 Å². The van der Waals surface area contributed by atoms with E-state index >= 15 is 0 Å². The first-order valence-corrected chi connectivity index (χ1v) is 9.79. The van der Waals surface area contributed by atoms with Gasteiger partial charge in [0.25, 0.3) is 0 Å². The van der Waals surface area contributed by atoms with Gasteiger partial charge in [-0.2, -0.15) is 5.06 Å². The lowest BCUT2D eigenvalue weighted by atomic mass is 9.67. The van der Waals surface area contributed by atoms with Crippen molar-refractivity contribution in [3.63, 3.8) is 0 Å². The van der Waals surface area contributed by atoms with E-state index < -0.39 is 0 Å². The fraction of sp³-hybridized carbons (Fsp3) is 0.733. The quantitative estimate of drug-likeness (QED) is 0.524. The second-order valence-corrected chi connectivity index (χ2v) is 7.39. The summed E-state index contributed by atoms with van der Waals surface area (Å²) in [5, 5.41) is 2.44. The van der Waals surface area contributed by atoms with Gasteiger partial charge in [0.05, 0.1) is 11.6 Å². The minimum atomic E-state index is 0.312. The molecule has 0 amide bonds. The van der Waals surface area contributed by atoms with Crippen LogP contribution < -0.4 is 0 Å². The Labute approximate surface area is 143 Å². The van der Waals surface area contributed by atoms with Gasteiger partial charge in [0.2, 0.25) is 0 Å². The van der Waals surface area contributed by atoms with Gasteiger partial charge < -0.3 is 0 Å². The minimum absolute atomic E-state index is 0.312. The number of piperidine rings is 1. The number of hydrogen-bond donors (Lipinski definition) is 0. The molecule has 3 aliphatic rings. The highest BCUT2D eigenvalue weighted by Gasteiger charge is 2.58. The van der Waals surface area contributed by atoms with Gasteiger partial charge in [-0.25, -0.2) is 0 Å². The zero-order chi connectivity index (χ0) is 13.3. The Morgan fingerprint density at radius 2 is 1.95 bits per heavy atom. The lowest BCUT2D eigenvalue weighted by molar-refractivity contribution is -0.221. The van der Waals surface area contributed by atoms with Gasteiger partial charge in [-0.15, -0.1) is 0 Å². The van der Waals surface area contributed by atoms with Gasteiger partial charge in [-0.1, -0.05) is 57.3 Å². The summed E-state index contributed by atoms with van der Waals surface area (Å²) >= 11 is 4.68. The monoisotopic (exact) mass is 485 g/mol. The van der Waals surface area contributed by atoms with Gasteiger partial charge in [0, 0.05) is 12.0 Å². The fourth-order valence-corrected chi connectivity index (χ4v) is 5.08. The predicted octanol–water partition coefficient (Wildman–Crippen LogP) is 4.98. The summed E-state index contributed by atoms with van der Waals surface area (Å²) in [6.07, 6.45) is 14.1. The van der Waals surface area contributed by atoms with E-state index in [2.05, 4.69) is 70.6 Å². The third-order valence-corrected chi connectivity index (χ3v) is 5.99. The third kappa shape index (κ3) is 2.55. The van der Waals surface area contributed by atoms with Crippen molar-refractivity contribution >= 4 is 45.2 Å². The molecule has 0 aromatic heterocycles. The molecule has 0 unspecified atom stereocenters. The van der Waals surface area contributed by atoms with Crippen molar-refractivity contribution in [2.24, 2.45) is 5.92 Å². The zero-order valence-corrected chi connectivity index (χ0v) is 15.4. The number of hydrogen-bond acceptors (Lipinski definition) is 2. The summed E-state index contributed by atoms with van der Waals surface area (Å²) in [7, 11) is 0. The summed E-state index contributed by atoms with van der Waals surface area (Å²) in [5.41, 5.74) is 0.312. The average Bonchev–Trinajstić information content (AvgIpc) is 2.60. The lowest BCUT2D eigenvalue weighted by Crippen LogP contribution is -2.55. The van der Waals surface area contributed by atoms with Crippen LogP contribution in [0, 0.1) is 5.92 Å². The molecule has 106 valence electrons. The highest BCUT2D eigenvalue weighted by atomic mass is 127. The predicted molar refractivity (Wildman–Crippen MR) is 95.4 cm³/mol. The van der Waals surface area contributed by atoms with Crippen LogP contribution >= 0.6 is 45.2 Å². The Bertz CT molecular complexity index is 380. The number of halogens is 2. The number of hydroxylamine groups is 2. The first kappa shape index (κ1) is 14.8. The molecule has 3 fully saturated rings. The summed E-state index contributed by atoms with van der Waals surface area (Å²) in [6.45, 7) is 0. The molecular formula is C15H21I2NO. The molecular weight excluding hydrogens is 464 g/mol. The Kier molecular flexibility index (Phi) is 4.91. The van der Waals surface area contributed by atoms with Gasteiger partial charge in [-0.3, -0.25) is 4.84 Å². The van der Waals surface area contributed by atoms with Crippen LogP contribution in [0.1, 0.15) is 44.9 Å². The molecule has 1 spiro atoms. The van der Waals surface area contributed by atoms with Gasteiger partial charge >= 0.3 is 0 Å². The van der Waals surface area contributed by atoms with Crippen molar-refractivity contribution in [2.75, 3.05) is 0 Å². The Morgan fingerprint density at radius 1 is 1.16 bits per heavy atom. The van der Waals surface area contributed by atoms with E-state index in [0.29, 0.717) is 23.6 Å². The van der Waals surface area contributed by atoms with Crippen LogP contribution in [0.3, 0.4) is 0 Å². The van der Waals surface area contributed by atoms with Gasteiger partial charge in [0.1, 0.15) is 0 Å². The topological polar surface area (TPSA) is 12.5 Å². The average molecular weight is 485 g/mol. The Morgan fingerprint density at radius 3 is 2.68 bits per heavy atom. The van der Waals surface area contributed by atoms with Gasteiger partial charge in [-0.05, 0) is 53.1 Å². The van der Waals surface area contributed by atoms with Crippen molar-refractivity contribution in [3.05, 3.63) is 20.3 Å². The molecule has 0 N–H and O–H groups in total. The summed E-state index contributed by atoms with van der Waals surface area (Å²) in [5.74, 6) is 0.615. The van der Waals surface area contributed by atoms with Crippen molar-refractivity contribution in [1.29, 1.82) is 0 Å². The van der Waals surface area contributed by atoms with E-state index in [9.17, 15) is 0 Å². The molecule has 2 nitrogen and oxygen atoms in total. The standard InChI is InChI=1S/C15H21I2NO/c16-10-3-5-12-4-1-8-15-9-2-6-14(19-18(12)15)13(15)7-11-17/h3,7,10-14H,1-2,4-6,8-9H2/b10-3-,11-7-/t12-,13+,14-,15+/m0/s1. The van der Waals surface area contributed by atoms with Crippen molar-refractivity contribution in [1.82, 2.24) is 5.06 Å². The summed E-state index contributed by atoms with van der Waals surface area (Å²) < 4.78 is 4.34. The van der Waals surface area contributed by atoms with E-state index in [0.717, 1.165) is 6.42 Å². The minimum Gasteiger partial charge on any atom is -0.294 e. The second kappa shape index (κ2) is 6.32. The van der Waals surface area contributed by atoms with E-state index in [1.807, 2.05) is 0 Å². The van der Waals surface area contributed by atoms with Crippen LogP contribution in [0.2, 0.25) is 0 Å². The smallest absolute Gasteiger partial charge is 0.0875 e. The summed E-state index contributed by atoms with van der Waals surface area (Å²) in [4.78, 5) is 6.40. The lowest BCUT2D eigenvalue weighted by Gasteiger charge is -2.47. The molecule has 0 radical (unpaired) electrons. The van der Waals surface area contributed by atoms with E-state index in [1.165, 1.54) is 38.5 Å². The highest BCUT2D eigenvalue weighted by molar-refractivity contribution is 14.1. The van der Waals surface area contributed by atoms with E-state index in [-0.39, 0.29) is 0 Å². The number of nitrogens with zero attached hydrogens (tertiary/aromatic N) is 1. The maximum Gasteiger partial charge on any atom is 0.0875 e. The van der Waals surface area contributed by atoms with Crippen LogP contribution in [0.25, 0.3) is 0 Å².